The van der Waals surface area contributed by atoms with E-state index in [9.17, 15) is 8.78 Å². The van der Waals surface area contributed by atoms with Gasteiger partial charge in [-0.2, -0.15) is 0 Å². The predicted octanol–water partition coefficient (Wildman–Crippen LogP) is 4.51. The van der Waals surface area contributed by atoms with E-state index in [0.717, 1.165) is 18.2 Å². The zero-order valence-corrected chi connectivity index (χ0v) is 11.3. The van der Waals surface area contributed by atoms with Crippen molar-refractivity contribution >= 4 is 23.2 Å². The molecule has 0 spiro atoms. The molecule has 2 rings (SSSR count). The second kappa shape index (κ2) is 5.87. The molecule has 100 valence electrons. The first kappa shape index (κ1) is 14.3. The zero-order valence-electron chi connectivity index (χ0n) is 9.84. The molecule has 2 N–H and O–H groups in total. The van der Waals surface area contributed by atoms with Crippen molar-refractivity contribution in [1.29, 1.82) is 0 Å². The monoisotopic (exact) mass is 301 g/mol. The van der Waals surface area contributed by atoms with Crippen molar-refractivity contribution in [3.8, 4) is 0 Å². The number of hydrogen-bond donors (Lipinski definition) is 1. The van der Waals surface area contributed by atoms with Crippen LogP contribution in [-0.4, -0.2) is 0 Å². The minimum atomic E-state index is -0.688. The van der Waals surface area contributed by atoms with Gasteiger partial charge in [-0.1, -0.05) is 35.3 Å². The topological polar surface area (TPSA) is 26.0 Å². The molecular formula is C14H11Cl2F2N. The number of rotatable bonds is 3. The van der Waals surface area contributed by atoms with Crippen LogP contribution in [0.2, 0.25) is 10.0 Å². The van der Waals surface area contributed by atoms with Gasteiger partial charge in [-0.25, -0.2) is 8.78 Å². The zero-order chi connectivity index (χ0) is 14.0. The highest BCUT2D eigenvalue weighted by Crippen LogP contribution is 2.29. The lowest BCUT2D eigenvalue weighted by Gasteiger charge is -2.14. The van der Waals surface area contributed by atoms with E-state index in [1.807, 2.05) is 0 Å². The van der Waals surface area contributed by atoms with E-state index in [1.165, 1.54) is 0 Å². The van der Waals surface area contributed by atoms with Crippen molar-refractivity contribution in [3.05, 3.63) is 69.2 Å². The molecule has 1 atom stereocenters. The molecule has 0 amide bonds. The Morgan fingerprint density at radius 3 is 2.58 bits per heavy atom. The van der Waals surface area contributed by atoms with Gasteiger partial charge in [0.25, 0.3) is 0 Å². The summed E-state index contributed by atoms with van der Waals surface area (Å²) in [6.07, 6.45) is 0.278. The summed E-state index contributed by atoms with van der Waals surface area (Å²) in [5.74, 6) is -1.06. The third kappa shape index (κ3) is 3.24. The van der Waals surface area contributed by atoms with Gasteiger partial charge in [0.05, 0.1) is 10.0 Å². The van der Waals surface area contributed by atoms with Crippen molar-refractivity contribution in [2.24, 2.45) is 5.73 Å². The number of halogens is 4. The molecule has 0 bridgehead atoms. The van der Waals surface area contributed by atoms with Crippen LogP contribution < -0.4 is 5.73 Å². The SMILES string of the molecule is NC(Cc1cccc(Cl)c1Cl)c1cc(F)ccc1F. The van der Waals surface area contributed by atoms with Crippen LogP contribution in [0.1, 0.15) is 17.2 Å². The van der Waals surface area contributed by atoms with Crippen LogP contribution in [0.3, 0.4) is 0 Å². The molecule has 2 aromatic carbocycles. The molecule has 1 unspecified atom stereocenters. The third-order valence-corrected chi connectivity index (χ3v) is 3.69. The van der Waals surface area contributed by atoms with Crippen molar-refractivity contribution in [1.82, 2.24) is 0 Å². The minimum absolute atomic E-state index is 0.121. The highest BCUT2D eigenvalue weighted by atomic mass is 35.5. The van der Waals surface area contributed by atoms with E-state index < -0.39 is 17.7 Å². The summed E-state index contributed by atoms with van der Waals surface area (Å²) in [5.41, 5.74) is 6.73. The summed E-state index contributed by atoms with van der Waals surface area (Å²) in [6, 6.07) is 7.66. The molecule has 0 saturated carbocycles. The van der Waals surface area contributed by atoms with E-state index >= 15 is 0 Å². The second-order valence-electron chi connectivity index (χ2n) is 4.19. The van der Waals surface area contributed by atoms with Crippen LogP contribution >= 0.6 is 23.2 Å². The first-order valence-electron chi connectivity index (χ1n) is 5.62. The second-order valence-corrected chi connectivity index (χ2v) is 4.97. The number of nitrogens with two attached hydrogens (primary N) is 1. The maximum absolute atomic E-state index is 13.6. The van der Waals surface area contributed by atoms with E-state index in [1.54, 1.807) is 18.2 Å². The van der Waals surface area contributed by atoms with Crippen LogP contribution in [0.15, 0.2) is 36.4 Å². The average molecular weight is 302 g/mol. The summed E-state index contributed by atoms with van der Waals surface area (Å²) in [7, 11) is 0. The van der Waals surface area contributed by atoms with E-state index in [0.29, 0.717) is 15.6 Å². The van der Waals surface area contributed by atoms with Gasteiger partial charge < -0.3 is 5.73 Å². The van der Waals surface area contributed by atoms with Gasteiger partial charge in [-0.05, 0) is 36.2 Å². The van der Waals surface area contributed by atoms with Gasteiger partial charge in [0.2, 0.25) is 0 Å². The molecule has 0 heterocycles. The van der Waals surface area contributed by atoms with Crippen LogP contribution in [0.4, 0.5) is 8.78 Å². The maximum atomic E-state index is 13.6. The molecule has 0 aromatic heterocycles. The summed E-state index contributed by atoms with van der Waals surface area (Å²) in [6.45, 7) is 0. The summed E-state index contributed by atoms with van der Waals surface area (Å²) in [5, 5.41) is 0.794. The highest BCUT2D eigenvalue weighted by Gasteiger charge is 2.15. The normalized spacial score (nSPS) is 12.5. The van der Waals surface area contributed by atoms with Crippen LogP contribution in [0, 0.1) is 11.6 Å². The fraction of sp³-hybridized carbons (Fsp3) is 0.143. The third-order valence-electron chi connectivity index (χ3n) is 2.83. The van der Waals surface area contributed by atoms with Gasteiger partial charge in [-0.3, -0.25) is 0 Å². The molecule has 5 heteroatoms. The van der Waals surface area contributed by atoms with Gasteiger partial charge in [0.1, 0.15) is 11.6 Å². The molecule has 19 heavy (non-hydrogen) atoms. The largest absolute Gasteiger partial charge is 0.324 e. The Morgan fingerprint density at radius 1 is 1.11 bits per heavy atom. The molecule has 0 fully saturated rings. The molecule has 0 aliphatic heterocycles. The Morgan fingerprint density at radius 2 is 1.84 bits per heavy atom. The Balaban J connectivity index is 2.28. The van der Waals surface area contributed by atoms with Crippen molar-refractivity contribution < 1.29 is 8.78 Å². The molecule has 0 aliphatic rings. The van der Waals surface area contributed by atoms with Crippen molar-refractivity contribution in [2.45, 2.75) is 12.5 Å². The van der Waals surface area contributed by atoms with E-state index in [-0.39, 0.29) is 12.0 Å². The summed E-state index contributed by atoms with van der Waals surface area (Å²) in [4.78, 5) is 0. The first-order valence-corrected chi connectivity index (χ1v) is 6.38. The van der Waals surface area contributed by atoms with Gasteiger partial charge >= 0.3 is 0 Å². The van der Waals surface area contributed by atoms with Crippen molar-refractivity contribution in [3.63, 3.8) is 0 Å². The van der Waals surface area contributed by atoms with Crippen LogP contribution in [0.25, 0.3) is 0 Å². The smallest absolute Gasteiger partial charge is 0.128 e. The molecule has 0 radical (unpaired) electrons. The average Bonchev–Trinajstić information content (AvgIpc) is 2.38. The lowest BCUT2D eigenvalue weighted by Crippen LogP contribution is -2.15. The summed E-state index contributed by atoms with van der Waals surface area (Å²) >= 11 is 11.9. The number of benzene rings is 2. The highest BCUT2D eigenvalue weighted by molar-refractivity contribution is 6.42. The fourth-order valence-corrected chi connectivity index (χ4v) is 2.25. The van der Waals surface area contributed by atoms with E-state index in [2.05, 4.69) is 0 Å². The van der Waals surface area contributed by atoms with Gasteiger partial charge in [0.15, 0.2) is 0 Å². The number of hydrogen-bond acceptors (Lipinski definition) is 1. The summed E-state index contributed by atoms with van der Waals surface area (Å²) < 4.78 is 26.7. The molecule has 1 nitrogen and oxygen atoms in total. The van der Waals surface area contributed by atoms with Gasteiger partial charge in [-0.15, -0.1) is 0 Å². The Labute approximate surface area is 119 Å². The molecule has 0 saturated heterocycles. The fourth-order valence-electron chi connectivity index (χ4n) is 1.85. The predicted molar refractivity (Wildman–Crippen MR) is 73.5 cm³/mol. The standard InChI is InChI=1S/C14H11Cl2F2N/c15-11-3-1-2-8(14(11)16)6-13(19)10-7-9(17)4-5-12(10)18/h1-5,7,13H,6,19H2. The first-order chi connectivity index (χ1) is 8.99. The van der Waals surface area contributed by atoms with Crippen LogP contribution in [0.5, 0.6) is 0 Å². The lowest BCUT2D eigenvalue weighted by molar-refractivity contribution is 0.561. The van der Waals surface area contributed by atoms with Crippen molar-refractivity contribution in [2.75, 3.05) is 0 Å². The lowest BCUT2D eigenvalue weighted by atomic mass is 9.99. The van der Waals surface area contributed by atoms with E-state index in [4.69, 9.17) is 28.9 Å². The Bertz CT molecular complexity index is 602. The minimum Gasteiger partial charge on any atom is -0.324 e. The molecular weight excluding hydrogens is 291 g/mol. The van der Waals surface area contributed by atoms with Crippen LogP contribution in [-0.2, 0) is 6.42 Å². The molecule has 2 aromatic rings. The Kier molecular flexibility index (Phi) is 4.40. The quantitative estimate of drug-likeness (QED) is 0.886. The van der Waals surface area contributed by atoms with Gasteiger partial charge in [0, 0.05) is 11.6 Å². The molecule has 0 aliphatic carbocycles. The maximum Gasteiger partial charge on any atom is 0.128 e. The Hall–Kier alpha value is -1.16.